The van der Waals surface area contributed by atoms with Crippen molar-refractivity contribution in [1.82, 2.24) is 4.98 Å². The molecule has 86 valence electrons. The summed E-state index contributed by atoms with van der Waals surface area (Å²) in [6, 6.07) is 0.783. The summed E-state index contributed by atoms with van der Waals surface area (Å²) in [5.41, 5.74) is 7.92. The molecular formula is C7H5F4N5. The second-order valence-electron chi connectivity index (χ2n) is 2.68. The highest BCUT2D eigenvalue weighted by Crippen LogP contribution is 2.20. The molecule has 1 aromatic rings. The Morgan fingerprint density at radius 3 is 2.69 bits per heavy atom. The molecule has 0 bridgehead atoms. The lowest BCUT2D eigenvalue weighted by atomic mass is 10.4. The van der Waals surface area contributed by atoms with E-state index < -0.39 is 24.4 Å². The molecule has 1 rings (SSSR count). The lowest BCUT2D eigenvalue weighted by molar-refractivity contribution is -0.115. The van der Waals surface area contributed by atoms with Crippen molar-refractivity contribution in [2.24, 2.45) is 5.11 Å². The van der Waals surface area contributed by atoms with Crippen molar-refractivity contribution in [3.05, 3.63) is 28.5 Å². The van der Waals surface area contributed by atoms with Crippen LogP contribution in [0.2, 0.25) is 0 Å². The number of azide groups is 1. The van der Waals surface area contributed by atoms with E-state index in [2.05, 4.69) is 15.0 Å². The van der Waals surface area contributed by atoms with E-state index in [0.717, 1.165) is 12.3 Å². The fourth-order valence-corrected chi connectivity index (χ4v) is 0.848. The lowest BCUT2D eigenvalue weighted by Gasteiger charge is -2.09. The largest absolute Gasteiger partial charge is 0.405 e. The second kappa shape index (κ2) is 4.67. The van der Waals surface area contributed by atoms with Crippen LogP contribution in [0, 0.1) is 5.82 Å². The molecule has 16 heavy (non-hydrogen) atoms. The van der Waals surface area contributed by atoms with Gasteiger partial charge < -0.3 is 5.32 Å². The van der Waals surface area contributed by atoms with E-state index in [1.807, 2.05) is 0 Å². The highest BCUT2D eigenvalue weighted by molar-refractivity contribution is 5.44. The van der Waals surface area contributed by atoms with Gasteiger partial charge in [-0.3, -0.25) is 0 Å². The summed E-state index contributed by atoms with van der Waals surface area (Å²) in [4.78, 5) is 5.73. The third-order valence-electron chi connectivity index (χ3n) is 1.44. The van der Waals surface area contributed by atoms with Gasteiger partial charge in [-0.15, -0.1) is 0 Å². The van der Waals surface area contributed by atoms with Crippen LogP contribution in [0.4, 0.5) is 29.1 Å². The molecule has 9 heteroatoms. The molecular weight excluding hydrogens is 230 g/mol. The zero-order chi connectivity index (χ0) is 12.2. The first-order valence-corrected chi connectivity index (χ1v) is 3.93. The molecule has 0 saturated heterocycles. The second-order valence-corrected chi connectivity index (χ2v) is 2.68. The topological polar surface area (TPSA) is 73.7 Å². The summed E-state index contributed by atoms with van der Waals surface area (Å²) in [5.74, 6) is -1.57. The summed E-state index contributed by atoms with van der Waals surface area (Å²) in [6.07, 6.45) is -3.50. The van der Waals surface area contributed by atoms with Crippen molar-refractivity contribution in [1.29, 1.82) is 0 Å². The highest BCUT2D eigenvalue weighted by Gasteiger charge is 2.27. The molecule has 0 atom stereocenters. The molecule has 0 spiro atoms. The molecule has 0 aliphatic carbocycles. The van der Waals surface area contributed by atoms with Crippen LogP contribution in [0.15, 0.2) is 17.4 Å². The summed E-state index contributed by atoms with van der Waals surface area (Å²) in [6.45, 7) is -1.39. The normalized spacial score (nSPS) is 10.8. The predicted octanol–water partition coefficient (Wildman–Crippen LogP) is 3.14. The van der Waals surface area contributed by atoms with Crippen molar-refractivity contribution in [2.45, 2.75) is 6.18 Å². The Kier molecular flexibility index (Phi) is 3.51. The maximum absolute atomic E-state index is 13.1. The van der Waals surface area contributed by atoms with Gasteiger partial charge in [-0.1, -0.05) is 5.11 Å². The Morgan fingerprint density at radius 1 is 1.50 bits per heavy atom. The van der Waals surface area contributed by atoms with E-state index in [0.29, 0.717) is 0 Å². The number of nitrogens with one attached hydrogen (secondary N) is 1. The van der Waals surface area contributed by atoms with Gasteiger partial charge in [-0.25, -0.2) is 9.37 Å². The van der Waals surface area contributed by atoms with Crippen molar-refractivity contribution in [3.63, 3.8) is 0 Å². The molecule has 0 aliphatic heterocycles. The van der Waals surface area contributed by atoms with E-state index >= 15 is 0 Å². The zero-order valence-electron chi connectivity index (χ0n) is 7.66. The minimum atomic E-state index is -4.46. The van der Waals surface area contributed by atoms with E-state index in [9.17, 15) is 17.6 Å². The number of hydrogen-bond acceptors (Lipinski definition) is 3. The van der Waals surface area contributed by atoms with Gasteiger partial charge in [0.15, 0.2) is 11.6 Å². The number of aromatic nitrogens is 1. The zero-order valence-corrected chi connectivity index (χ0v) is 7.66. The van der Waals surface area contributed by atoms with Crippen molar-refractivity contribution in [3.8, 4) is 0 Å². The third kappa shape index (κ3) is 3.62. The first kappa shape index (κ1) is 12.1. The quantitative estimate of drug-likeness (QED) is 0.378. The van der Waals surface area contributed by atoms with Crippen LogP contribution in [-0.4, -0.2) is 17.7 Å². The highest BCUT2D eigenvalue weighted by atomic mass is 19.4. The Hall–Kier alpha value is -2.02. The van der Waals surface area contributed by atoms with Gasteiger partial charge >= 0.3 is 6.18 Å². The van der Waals surface area contributed by atoms with E-state index in [-0.39, 0.29) is 5.69 Å². The monoisotopic (exact) mass is 235 g/mol. The maximum atomic E-state index is 13.1. The van der Waals surface area contributed by atoms with E-state index in [1.54, 1.807) is 5.32 Å². The summed E-state index contributed by atoms with van der Waals surface area (Å²) < 4.78 is 48.5. The first-order chi connectivity index (χ1) is 7.42. The Balaban J connectivity index is 2.79. The number of rotatable bonds is 3. The molecule has 0 unspecified atom stereocenters. The predicted molar refractivity (Wildman–Crippen MR) is 47.5 cm³/mol. The molecule has 0 radical (unpaired) electrons. The number of nitrogens with zero attached hydrogens (tertiary/aromatic N) is 4. The molecule has 1 aromatic heterocycles. The van der Waals surface area contributed by atoms with Crippen LogP contribution >= 0.6 is 0 Å². The van der Waals surface area contributed by atoms with Crippen molar-refractivity contribution < 1.29 is 17.6 Å². The molecule has 0 aromatic carbocycles. The third-order valence-corrected chi connectivity index (χ3v) is 1.44. The van der Waals surface area contributed by atoms with Crippen molar-refractivity contribution >= 4 is 11.5 Å². The molecule has 0 saturated carbocycles. The minimum absolute atomic E-state index is 0.113. The number of pyridine rings is 1. The minimum Gasteiger partial charge on any atom is -0.359 e. The number of anilines is 1. The summed E-state index contributed by atoms with van der Waals surface area (Å²) in [7, 11) is 0. The van der Waals surface area contributed by atoms with Gasteiger partial charge in [0, 0.05) is 11.1 Å². The van der Waals surface area contributed by atoms with E-state index in [1.165, 1.54) is 0 Å². The van der Waals surface area contributed by atoms with Crippen molar-refractivity contribution in [2.75, 3.05) is 11.9 Å². The fraction of sp³-hybridized carbons (Fsp3) is 0.286. The number of alkyl halides is 3. The Labute approximate surface area is 86.7 Å². The standard InChI is InChI=1S/C7H5F4N5/c8-5-1-4(15-16-12)2-13-6(5)14-3-7(9,10)11/h1-2H,3H2,(H,13,14). The Bertz CT molecular complexity index is 423. The van der Waals surface area contributed by atoms with Crippen LogP contribution in [0.1, 0.15) is 0 Å². The van der Waals surface area contributed by atoms with Crippen LogP contribution in [0.25, 0.3) is 10.4 Å². The van der Waals surface area contributed by atoms with Crippen LogP contribution in [-0.2, 0) is 0 Å². The maximum Gasteiger partial charge on any atom is 0.405 e. The lowest BCUT2D eigenvalue weighted by Crippen LogP contribution is -2.22. The summed E-state index contributed by atoms with van der Waals surface area (Å²) >= 11 is 0. The SMILES string of the molecule is [N-]=[N+]=Nc1cnc(NCC(F)(F)F)c(F)c1. The number of halogens is 4. The average Bonchev–Trinajstić information content (AvgIpc) is 2.15. The smallest absolute Gasteiger partial charge is 0.359 e. The van der Waals surface area contributed by atoms with Gasteiger partial charge in [-0.05, 0) is 11.6 Å². The average molecular weight is 235 g/mol. The van der Waals surface area contributed by atoms with Crippen LogP contribution in [0.5, 0.6) is 0 Å². The van der Waals surface area contributed by atoms with Crippen LogP contribution in [0.3, 0.4) is 0 Å². The van der Waals surface area contributed by atoms with Gasteiger partial charge in [0.25, 0.3) is 0 Å². The van der Waals surface area contributed by atoms with E-state index in [4.69, 9.17) is 5.53 Å². The molecule has 1 N–H and O–H groups in total. The molecule has 0 aliphatic rings. The molecule has 5 nitrogen and oxygen atoms in total. The molecule has 0 fully saturated rings. The molecule has 1 heterocycles. The van der Waals surface area contributed by atoms with Crippen LogP contribution < -0.4 is 5.32 Å². The van der Waals surface area contributed by atoms with Gasteiger partial charge in [0.2, 0.25) is 0 Å². The van der Waals surface area contributed by atoms with Gasteiger partial charge in [-0.2, -0.15) is 13.2 Å². The fourth-order valence-electron chi connectivity index (χ4n) is 0.848. The van der Waals surface area contributed by atoms with Gasteiger partial charge in [0.05, 0.1) is 5.69 Å². The summed E-state index contributed by atoms with van der Waals surface area (Å²) in [5, 5.41) is 4.82. The first-order valence-electron chi connectivity index (χ1n) is 3.93. The van der Waals surface area contributed by atoms with Gasteiger partial charge in [0.1, 0.15) is 6.54 Å². The number of hydrogen-bond donors (Lipinski definition) is 1. The molecule has 0 amide bonds. The Morgan fingerprint density at radius 2 is 2.19 bits per heavy atom.